The van der Waals surface area contributed by atoms with Crippen molar-refractivity contribution < 1.29 is 9.32 Å². The Morgan fingerprint density at radius 3 is 3.37 bits per heavy atom. The van der Waals surface area contributed by atoms with E-state index in [1.54, 1.807) is 11.3 Å². The lowest BCUT2D eigenvalue weighted by molar-refractivity contribution is -0.131. The summed E-state index contributed by atoms with van der Waals surface area (Å²) in [6, 6.07) is 2.10. The highest BCUT2D eigenvalue weighted by molar-refractivity contribution is 7.10. The first kappa shape index (κ1) is 12.3. The van der Waals surface area contributed by atoms with Crippen LogP contribution in [0.5, 0.6) is 0 Å². The van der Waals surface area contributed by atoms with Gasteiger partial charge in [0.15, 0.2) is 5.82 Å². The minimum absolute atomic E-state index is 0.111. The molecule has 0 spiro atoms. The Morgan fingerprint density at radius 1 is 1.58 bits per heavy atom. The average molecular weight is 278 g/mol. The summed E-state index contributed by atoms with van der Waals surface area (Å²) in [7, 11) is 0. The molecule has 1 amide bonds. The van der Waals surface area contributed by atoms with Crippen molar-refractivity contribution in [2.24, 2.45) is 0 Å². The van der Waals surface area contributed by atoms with Crippen LogP contribution in [0.4, 0.5) is 0 Å². The summed E-state index contributed by atoms with van der Waals surface area (Å²) in [6.45, 7) is 2.27. The Labute approximate surface area is 114 Å². The predicted molar refractivity (Wildman–Crippen MR) is 69.4 cm³/mol. The number of nitrogens with zero attached hydrogens (tertiary/aromatic N) is 3. The van der Waals surface area contributed by atoms with E-state index in [9.17, 15) is 4.79 Å². The van der Waals surface area contributed by atoms with Crippen LogP contribution in [0, 0.1) is 0 Å². The molecular weight excluding hydrogens is 264 g/mol. The van der Waals surface area contributed by atoms with Crippen LogP contribution in [-0.4, -0.2) is 34.0 Å². The fraction of sp³-hybridized carbons (Fsp3) is 0.417. The average Bonchev–Trinajstić information content (AvgIpc) is 3.08. The molecule has 100 valence electrons. The van der Waals surface area contributed by atoms with Crippen molar-refractivity contribution in [1.29, 1.82) is 0 Å². The number of amides is 1. The van der Waals surface area contributed by atoms with Crippen LogP contribution in [-0.2, 0) is 24.3 Å². The van der Waals surface area contributed by atoms with E-state index in [1.807, 2.05) is 4.90 Å². The van der Waals surface area contributed by atoms with Gasteiger partial charge < -0.3 is 14.7 Å². The lowest BCUT2D eigenvalue weighted by Crippen LogP contribution is -2.40. The zero-order valence-electron chi connectivity index (χ0n) is 10.3. The van der Waals surface area contributed by atoms with E-state index in [-0.39, 0.29) is 5.91 Å². The van der Waals surface area contributed by atoms with Crippen LogP contribution in [0.15, 0.2) is 22.4 Å². The smallest absolute Gasteiger partial charge is 0.236 e. The molecule has 0 atom stereocenters. The molecule has 0 bridgehead atoms. The minimum atomic E-state index is 0.111. The maximum Gasteiger partial charge on any atom is 0.236 e. The number of carbonyl (C=O) groups is 1. The number of carbonyl (C=O) groups excluding carboxylic acids is 1. The summed E-state index contributed by atoms with van der Waals surface area (Å²) < 4.78 is 4.62. The molecule has 0 aliphatic carbocycles. The molecule has 2 aromatic rings. The number of aromatic nitrogens is 2. The molecule has 0 saturated heterocycles. The highest BCUT2D eigenvalue weighted by Crippen LogP contribution is 2.23. The first-order chi connectivity index (χ1) is 9.33. The third kappa shape index (κ3) is 2.82. The molecule has 19 heavy (non-hydrogen) atoms. The number of thiophene rings is 1. The van der Waals surface area contributed by atoms with Crippen LogP contribution < -0.4 is 5.32 Å². The van der Waals surface area contributed by atoms with Crippen molar-refractivity contribution in [3.8, 4) is 0 Å². The molecule has 3 rings (SSSR count). The van der Waals surface area contributed by atoms with Crippen molar-refractivity contribution in [2.45, 2.75) is 19.5 Å². The molecule has 0 fully saturated rings. The molecule has 0 unspecified atom stereocenters. The summed E-state index contributed by atoms with van der Waals surface area (Å²) >= 11 is 1.77. The van der Waals surface area contributed by atoms with Gasteiger partial charge in [0.25, 0.3) is 0 Å². The Morgan fingerprint density at radius 2 is 2.53 bits per heavy atom. The van der Waals surface area contributed by atoms with Crippen LogP contribution >= 0.6 is 11.3 Å². The zero-order chi connectivity index (χ0) is 13.1. The number of rotatable bonds is 4. The summed E-state index contributed by atoms with van der Waals surface area (Å²) in [5.74, 6) is 0.673. The first-order valence-corrected chi connectivity index (χ1v) is 7.00. The lowest BCUT2D eigenvalue weighted by atomic mass is 10.1. The van der Waals surface area contributed by atoms with E-state index in [4.69, 9.17) is 0 Å². The maximum atomic E-state index is 12.1. The van der Waals surface area contributed by atoms with E-state index < -0.39 is 0 Å². The SMILES string of the molecule is O=C(CNCc1ncon1)N1CCc2sccc2C1. The van der Waals surface area contributed by atoms with Crippen molar-refractivity contribution in [3.05, 3.63) is 34.1 Å². The topological polar surface area (TPSA) is 71.3 Å². The largest absolute Gasteiger partial charge is 0.343 e. The monoisotopic (exact) mass is 278 g/mol. The van der Waals surface area contributed by atoms with Gasteiger partial charge in [-0.15, -0.1) is 11.3 Å². The number of hydrogen-bond acceptors (Lipinski definition) is 6. The third-order valence-electron chi connectivity index (χ3n) is 3.13. The van der Waals surface area contributed by atoms with Gasteiger partial charge >= 0.3 is 0 Å². The molecule has 3 heterocycles. The molecule has 2 aromatic heterocycles. The Kier molecular flexibility index (Phi) is 3.56. The second kappa shape index (κ2) is 5.50. The van der Waals surface area contributed by atoms with E-state index in [1.165, 1.54) is 16.8 Å². The number of nitrogens with one attached hydrogen (secondary N) is 1. The Bertz CT molecular complexity index is 552. The minimum Gasteiger partial charge on any atom is -0.343 e. The van der Waals surface area contributed by atoms with Gasteiger partial charge in [-0.1, -0.05) is 5.16 Å². The van der Waals surface area contributed by atoms with Crippen molar-refractivity contribution in [3.63, 3.8) is 0 Å². The molecule has 1 N–H and O–H groups in total. The first-order valence-electron chi connectivity index (χ1n) is 6.12. The number of hydrogen-bond donors (Lipinski definition) is 1. The van der Waals surface area contributed by atoms with Gasteiger partial charge in [-0.25, -0.2) is 0 Å². The molecule has 0 saturated carbocycles. The van der Waals surface area contributed by atoms with Crippen LogP contribution in [0.3, 0.4) is 0 Å². The summed E-state index contributed by atoms with van der Waals surface area (Å²) in [6.07, 6.45) is 2.24. The molecule has 0 radical (unpaired) electrons. The molecule has 1 aliphatic rings. The van der Waals surface area contributed by atoms with Gasteiger partial charge in [-0.3, -0.25) is 4.79 Å². The van der Waals surface area contributed by atoms with Crippen LogP contribution in [0.25, 0.3) is 0 Å². The van der Waals surface area contributed by atoms with Crippen LogP contribution in [0.2, 0.25) is 0 Å². The summed E-state index contributed by atoms with van der Waals surface area (Å²) in [5.41, 5.74) is 1.28. The molecule has 1 aliphatic heterocycles. The van der Waals surface area contributed by atoms with Crippen LogP contribution in [0.1, 0.15) is 16.3 Å². The van der Waals surface area contributed by atoms with Crippen molar-refractivity contribution in [2.75, 3.05) is 13.1 Å². The lowest BCUT2D eigenvalue weighted by Gasteiger charge is -2.27. The van der Waals surface area contributed by atoms with Gasteiger partial charge in [0, 0.05) is 18.0 Å². The van der Waals surface area contributed by atoms with Crippen molar-refractivity contribution in [1.82, 2.24) is 20.4 Å². The highest BCUT2D eigenvalue weighted by atomic mass is 32.1. The van der Waals surface area contributed by atoms with Gasteiger partial charge in [0.1, 0.15) is 0 Å². The molecule has 6 nitrogen and oxygen atoms in total. The summed E-state index contributed by atoms with van der Waals surface area (Å²) in [4.78, 5) is 19.2. The van der Waals surface area contributed by atoms with E-state index >= 15 is 0 Å². The van der Waals surface area contributed by atoms with E-state index in [0.29, 0.717) is 18.9 Å². The number of fused-ring (bicyclic) bond motifs is 1. The quantitative estimate of drug-likeness (QED) is 0.896. The second-order valence-corrected chi connectivity index (χ2v) is 5.39. The van der Waals surface area contributed by atoms with Gasteiger partial charge in [-0.05, 0) is 23.4 Å². The predicted octanol–water partition coefficient (Wildman–Crippen LogP) is 0.806. The third-order valence-corrected chi connectivity index (χ3v) is 4.15. The Hall–Kier alpha value is -1.73. The normalized spacial score (nSPS) is 14.4. The van der Waals surface area contributed by atoms with Gasteiger partial charge in [0.2, 0.25) is 12.3 Å². The molecule has 0 aromatic carbocycles. The van der Waals surface area contributed by atoms with E-state index in [0.717, 1.165) is 19.5 Å². The van der Waals surface area contributed by atoms with Crippen molar-refractivity contribution >= 4 is 17.2 Å². The molecular formula is C12H14N4O2S. The fourth-order valence-corrected chi connectivity index (χ4v) is 3.01. The second-order valence-electron chi connectivity index (χ2n) is 4.39. The zero-order valence-corrected chi connectivity index (χ0v) is 11.2. The molecule has 7 heteroatoms. The van der Waals surface area contributed by atoms with Gasteiger partial charge in [-0.2, -0.15) is 4.98 Å². The highest BCUT2D eigenvalue weighted by Gasteiger charge is 2.20. The van der Waals surface area contributed by atoms with E-state index in [2.05, 4.69) is 31.4 Å². The standard InChI is InChI=1S/C12H14N4O2S/c17-12(6-13-5-11-14-8-18-15-11)16-3-1-10-9(7-16)2-4-19-10/h2,4,8,13H,1,3,5-7H2. The fourth-order valence-electron chi connectivity index (χ4n) is 2.12. The van der Waals surface area contributed by atoms with Gasteiger partial charge in [0.05, 0.1) is 13.1 Å². The maximum absolute atomic E-state index is 12.1. The Balaban J connectivity index is 1.49. The summed E-state index contributed by atoms with van der Waals surface area (Å²) in [5, 5.41) is 8.80.